The number of carboxylic acids is 1. The van der Waals surface area contributed by atoms with Crippen LogP contribution in [0, 0.1) is 5.92 Å². The molecule has 0 spiro atoms. The molecule has 0 aromatic heterocycles. The lowest BCUT2D eigenvalue weighted by Crippen LogP contribution is -2.07. The smallest absolute Gasteiger partial charge is 0.303 e. The van der Waals surface area contributed by atoms with E-state index in [1.54, 1.807) is 0 Å². The molecule has 0 radical (unpaired) electrons. The molecular formula is C20H32O4. The van der Waals surface area contributed by atoms with Gasteiger partial charge in [0.15, 0.2) is 5.78 Å². The van der Waals surface area contributed by atoms with E-state index in [2.05, 4.69) is 13.0 Å². The second-order valence-electron chi connectivity index (χ2n) is 6.70. The molecule has 0 heterocycles. The summed E-state index contributed by atoms with van der Waals surface area (Å²) < 4.78 is 0. The summed E-state index contributed by atoms with van der Waals surface area (Å²) in [5.74, 6) is -0.274. The van der Waals surface area contributed by atoms with Crippen LogP contribution in [0.4, 0.5) is 0 Å². The van der Waals surface area contributed by atoms with Gasteiger partial charge in [0.25, 0.3) is 0 Å². The number of hydrogen-bond acceptors (Lipinski definition) is 3. The molecule has 4 heteroatoms. The number of rotatable bonds is 12. The summed E-state index contributed by atoms with van der Waals surface area (Å²) in [7, 11) is 0. The predicted molar refractivity (Wildman–Crippen MR) is 95.8 cm³/mol. The van der Waals surface area contributed by atoms with Gasteiger partial charge in [-0.25, -0.2) is 0 Å². The summed E-state index contributed by atoms with van der Waals surface area (Å²) in [5.41, 5.74) is 0.889. The number of carboxylic acid groups (broad SMARTS) is 1. The average Bonchev–Trinajstić information content (AvgIpc) is 2.89. The van der Waals surface area contributed by atoms with Crippen molar-refractivity contribution in [2.45, 2.75) is 83.7 Å². The van der Waals surface area contributed by atoms with Crippen LogP contribution in [-0.4, -0.2) is 28.1 Å². The van der Waals surface area contributed by atoms with Gasteiger partial charge in [0.2, 0.25) is 0 Å². The predicted octanol–water partition coefficient (Wildman–Crippen LogP) is 4.42. The van der Waals surface area contributed by atoms with E-state index in [9.17, 15) is 14.7 Å². The molecule has 0 amide bonds. The van der Waals surface area contributed by atoms with Crippen LogP contribution in [0.3, 0.4) is 0 Å². The summed E-state index contributed by atoms with van der Waals surface area (Å²) in [5, 5.41) is 18.6. The lowest BCUT2D eigenvalue weighted by atomic mass is 9.96. The Hall–Kier alpha value is -1.42. The van der Waals surface area contributed by atoms with Crippen LogP contribution >= 0.6 is 0 Å². The first-order chi connectivity index (χ1) is 11.5. The van der Waals surface area contributed by atoms with Crippen molar-refractivity contribution >= 4 is 11.8 Å². The van der Waals surface area contributed by atoms with Gasteiger partial charge in [-0.3, -0.25) is 9.59 Å². The Morgan fingerprint density at radius 2 is 2.08 bits per heavy atom. The van der Waals surface area contributed by atoms with Gasteiger partial charge >= 0.3 is 5.97 Å². The van der Waals surface area contributed by atoms with Gasteiger partial charge in [-0.15, -0.1) is 0 Å². The molecule has 1 saturated carbocycles. The van der Waals surface area contributed by atoms with Crippen LogP contribution < -0.4 is 0 Å². The molecule has 2 N–H and O–H groups in total. The fourth-order valence-electron chi connectivity index (χ4n) is 3.12. The van der Waals surface area contributed by atoms with Gasteiger partial charge < -0.3 is 10.2 Å². The summed E-state index contributed by atoms with van der Waals surface area (Å²) in [6.45, 7) is 2.14. The molecule has 136 valence electrons. The number of allylic oxidation sites excluding steroid dienone is 3. The van der Waals surface area contributed by atoms with Gasteiger partial charge in [-0.05, 0) is 50.0 Å². The molecule has 4 nitrogen and oxygen atoms in total. The average molecular weight is 336 g/mol. The maximum atomic E-state index is 12.0. The van der Waals surface area contributed by atoms with Crippen molar-refractivity contribution in [2.75, 3.05) is 0 Å². The number of carbonyl (C=O) groups is 2. The number of aliphatic hydroxyl groups excluding tert-OH is 1. The second kappa shape index (κ2) is 12.0. The van der Waals surface area contributed by atoms with E-state index in [4.69, 9.17) is 5.11 Å². The molecule has 1 fully saturated rings. The highest BCUT2D eigenvalue weighted by molar-refractivity contribution is 5.98. The third-order valence-corrected chi connectivity index (χ3v) is 4.58. The van der Waals surface area contributed by atoms with Crippen molar-refractivity contribution in [3.63, 3.8) is 0 Å². The zero-order valence-corrected chi connectivity index (χ0v) is 14.9. The molecule has 1 aliphatic carbocycles. The van der Waals surface area contributed by atoms with E-state index in [0.717, 1.165) is 50.5 Å². The Kier molecular flexibility index (Phi) is 10.3. The molecule has 0 bridgehead atoms. The summed E-state index contributed by atoms with van der Waals surface area (Å²) in [6.07, 6.45) is 14.3. The molecular weight excluding hydrogens is 304 g/mol. The van der Waals surface area contributed by atoms with E-state index in [1.807, 2.05) is 12.2 Å². The van der Waals surface area contributed by atoms with Crippen molar-refractivity contribution in [3.8, 4) is 0 Å². The van der Waals surface area contributed by atoms with E-state index in [1.165, 1.54) is 0 Å². The lowest BCUT2D eigenvalue weighted by Gasteiger charge is -2.11. The van der Waals surface area contributed by atoms with Crippen LogP contribution in [0.1, 0.15) is 77.6 Å². The van der Waals surface area contributed by atoms with Crippen molar-refractivity contribution in [1.29, 1.82) is 0 Å². The maximum Gasteiger partial charge on any atom is 0.303 e. The van der Waals surface area contributed by atoms with E-state index < -0.39 is 5.97 Å². The van der Waals surface area contributed by atoms with Crippen molar-refractivity contribution in [3.05, 3.63) is 23.8 Å². The summed E-state index contributed by atoms with van der Waals surface area (Å²) in [4.78, 5) is 22.5. The van der Waals surface area contributed by atoms with Crippen LogP contribution in [0.2, 0.25) is 0 Å². The van der Waals surface area contributed by atoms with Crippen molar-refractivity contribution < 1.29 is 19.8 Å². The Balaban J connectivity index is 2.38. The molecule has 0 unspecified atom stereocenters. The standard InChI is InChI=1S/C20H32O4/c1-2-3-6-10-17(21)13-14-18-16(12-15-19(18)22)9-7-4-5-8-11-20(23)24/h4,7,14,16-17,21H,2-3,5-6,8-13,15H2,1H3,(H,23,24)/b7-4-,18-14+/t16-,17-/m0/s1. The highest BCUT2D eigenvalue weighted by Crippen LogP contribution is 2.31. The Bertz CT molecular complexity index is 451. The number of aliphatic carboxylic acids is 1. The Labute approximate surface area is 145 Å². The fourth-order valence-corrected chi connectivity index (χ4v) is 3.12. The first-order valence-electron chi connectivity index (χ1n) is 9.32. The normalized spacial score (nSPS) is 21.0. The first-order valence-corrected chi connectivity index (χ1v) is 9.32. The number of aliphatic hydroxyl groups is 1. The van der Waals surface area contributed by atoms with Crippen LogP contribution in [0.15, 0.2) is 23.8 Å². The number of unbranched alkanes of at least 4 members (excludes halogenated alkanes) is 3. The molecule has 24 heavy (non-hydrogen) atoms. The van der Waals surface area contributed by atoms with Crippen LogP contribution in [-0.2, 0) is 9.59 Å². The third-order valence-electron chi connectivity index (χ3n) is 4.58. The quantitative estimate of drug-likeness (QED) is 0.314. The number of hydrogen-bond donors (Lipinski definition) is 2. The van der Waals surface area contributed by atoms with E-state index >= 15 is 0 Å². The SMILES string of the molecule is CCCCC[C@H](O)C/C=C1/C(=O)CC[C@@H]1C/C=C\CCCC(=O)O. The van der Waals surface area contributed by atoms with Crippen molar-refractivity contribution in [2.24, 2.45) is 5.92 Å². The molecule has 1 aliphatic rings. The van der Waals surface area contributed by atoms with Gasteiger partial charge in [0, 0.05) is 12.8 Å². The number of carbonyl (C=O) groups excluding carboxylic acids is 1. The van der Waals surface area contributed by atoms with E-state index in [-0.39, 0.29) is 24.2 Å². The lowest BCUT2D eigenvalue weighted by molar-refractivity contribution is -0.137. The Morgan fingerprint density at radius 3 is 2.79 bits per heavy atom. The van der Waals surface area contributed by atoms with Crippen molar-refractivity contribution in [1.82, 2.24) is 0 Å². The first kappa shape index (κ1) is 20.6. The summed E-state index contributed by atoms with van der Waals surface area (Å²) >= 11 is 0. The zero-order valence-electron chi connectivity index (χ0n) is 14.9. The van der Waals surface area contributed by atoms with Crippen LogP contribution in [0.25, 0.3) is 0 Å². The minimum atomic E-state index is -0.757. The highest BCUT2D eigenvalue weighted by Gasteiger charge is 2.27. The maximum absolute atomic E-state index is 12.0. The molecule has 0 aromatic rings. The number of Topliss-reactive ketones (excluding diaryl/α,β-unsaturated/α-hetero) is 1. The van der Waals surface area contributed by atoms with Gasteiger partial charge in [0.05, 0.1) is 6.10 Å². The monoisotopic (exact) mass is 336 g/mol. The summed E-state index contributed by atoms with van der Waals surface area (Å²) in [6, 6.07) is 0. The Morgan fingerprint density at radius 1 is 1.29 bits per heavy atom. The van der Waals surface area contributed by atoms with Gasteiger partial charge in [-0.2, -0.15) is 0 Å². The molecule has 0 aromatic carbocycles. The van der Waals surface area contributed by atoms with Gasteiger partial charge in [-0.1, -0.05) is 44.4 Å². The minimum absolute atomic E-state index is 0.202. The highest BCUT2D eigenvalue weighted by atomic mass is 16.4. The van der Waals surface area contributed by atoms with Crippen LogP contribution in [0.5, 0.6) is 0 Å². The molecule has 2 atom stereocenters. The largest absolute Gasteiger partial charge is 0.481 e. The third kappa shape index (κ3) is 8.44. The topological polar surface area (TPSA) is 74.6 Å². The molecule has 0 saturated heterocycles. The minimum Gasteiger partial charge on any atom is -0.481 e. The van der Waals surface area contributed by atoms with Gasteiger partial charge in [0.1, 0.15) is 0 Å². The molecule has 0 aliphatic heterocycles. The van der Waals surface area contributed by atoms with E-state index in [0.29, 0.717) is 19.3 Å². The zero-order chi connectivity index (χ0) is 17.8. The second-order valence-corrected chi connectivity index (χ2v) is 6.70. The molecule has 1 rings (SSSR count). The fraction of sp³-hybridized carbons (Fsp3) is 0.700. The number of ketones is 1.